The van der Waals surface area contributed by atoms with Crippen LogP contribution in [-0.4, -0.2) is 77.2 Å². The number of β-lactam (4-membered cyclic amide) rings is 1. The molecule has 0 radical (unpaired) electrons. The second kappa shape index (κ2) is 8.04. The number of hydrogen-bond donors (Lipinski definition) is 4. The van der Waals surface area contributed by atoms with Crippen LogP contribution < -0.4 is 11.1 Å². The number of carboxylic acid groups (broad SMARTS) is 2. The first kappa shape index (κ1) is 20.5. The van der Waals surface area contributed by atoms with Crippen molar-refractivity contribution < 1.29 is 34.2 Å². The molecule has 0 aromatic carbocycles. The smallest absolute Gasteiger partial charge is 0.352 e. The van der Waals surface area contributed by atoms with Crippen LogP contribution in [0.25, 0.3) is 0 Å². The molecule has 1 saturated heterocycles. The van der Waals surface area contributed by atoms with Crippen LogP contribution in [0.1, 0.15) is 12.7 Å². The van der Waals surface area contributed by atoms with E-state index >= 15 is 0 Å². The molecule has 3 rings (SSSR count). The van der Waals surface area contributed by atoms with Crippen LogP contribution in [0.5, 0.6) is 0 Å². The summed E-state index contributed by atoms with van der Waals surface area (Å²) in [7, 11) is 0. The number of rotatable bonds is 7. The van der Waals surface area contributed by atoms with E-state index in [0.29, 0.717) is 0 Å². The molecular formula is C14H14N6O7S2. The number of anilines is 1. The van der Waals surface area contributed by atoms with Gasteiger partial charge in [0.1, 0.15) is 17.1 Å². The van der Waals surface area contributed by atoms with E-state index in [0.717, 1.165) is 16.4 Å². The van der Waals surface area contributed by atoms with Crippen molar-refractivity contribution in [3.63, 3.8) is 0 Å². The Labute approximate surface area is 170 Å². The van der Waals surface area contributed by atoms with Crippen molar-refractivity contribution in [2.75, 3.05) is 12.3 Å². The monoisotopic (exact) mass is 442 g/mol. The maximum atomic E-state index is 12.7. The van der Waals surface area contributed by atoms with E-state index in [2.05, 4.69) is 24.7 Å². The standard InChI is InChI=1S/C14H14N6O7S2/c1-4-2-5(13(25)26)20-11(24)8(12(20)28-4)16-10(23)7(18-27-3-6(21)22)9-17-14(15)29-19-9/h2,4,8,12H,3H2,1H3,(H,16,23)(H,21,22)(H,25,26)(H2,15,17,19)/t4?,8?,12-/m0/s1. The third-order valence-electron chi connectivity index (χ3n) is 3.77. The third kappa shape index (κ3) is 4.14. The van der Waals surface area contributed by atoms with Gasteiger partial charge in [0, 0.05) is 16.8 Å². The van der Waals surface area contributed by atoms with Gasteiger partial charge in [-0.05, 0) is 13.0 Å². The molecule has 5 N–H and O–H groups in total. The van der Waals surface area contributed by atoms with Gasteiger partial charge in [0.15, 0.2) is 5.13 Å². The number of oxime groups is 1. The van der Waals surface area contributed by atoms with Crippen LogP contribution in [-0.2, 0) is 24.0 Å². The summed E-state index contributed by atoms with van der Waals surface area (Å²) in [6.45, 7) is 0.955. The lowest BCUT2D eigenvalue weighted by molar-refractivity contribution is -0.150. The average molecular weight is 442 g/mol. The molecule has 1 aromatic heterocycles. The van der Waals surface area contributed by atoms with Crippen molar-refractivity contribution in [1.29, 1.82) is 0 Å². The molecule has 0 spiro atoms. The van der Waals surface area contributed by atoms with E-state index in [9.17, 15) is 24.3 Å². The number of nitrogens with zero attached hydrogens (tertiary/aromatic N) is 4. The van der Waals surface area contributed by atoms with Crippen LogP contribution in [0.3, 0.4) is 0 Å². The Balaban J connectivity index is 1.78. The van der Waals surface area contributed by atoms with Gasteiger partial charge >= 0.3 is 11.9 Å². The quantitative estimate of drug-likeness (QED) is 0.222. The second-order valence-electron chi connectivity index (χ2n) is 5.81. The van der Waals surface area contributed by atoms with Gasteiger partial charge in [0.2, 0.25) is 18.1 Å². The van der Waals surface area contributed by atoms with E-state index in [1.165, 1.54) is 17.8 Å². The molecule has 154 valence electrons. The first-order chi connectivity index (χ1) is 13.7. The summed E-state index contributed by atoms with van der Waals surface area (Å²) in [6, 6.07) is -1.02. The number of carbonyl (C=O) groups is 4. The summed E-state index contributed by atoms with van der Waals surface area (Å²) in [6.07, 6.45) is 1.45. The Morgan fingerprint density at radius 2 is 2.14 bits per heavy atom. The predicted molar refractivity (Wildman–Crippen MR) is 99.8 cm³/mol. The highest BCUT2D eigenvalue weighted by atomic mass is 32.2. The minimum atomic E-state index is -1.32. The Kier molecular flexibility index (Phi) is 5.69. The van der Waals surface area contributed by atoms with Gasteiger partial charge in [0.25, 0.3) is 11.8 Å². The summed E-state index contributed by atoms with van der Waals surface area (Å²) in [4.78, 5) is 56.5. The summed E-state index contributed by atoms with van der Waals surface area (Å²) in [5, 5.41) is 23.0. The Morgan fingerprint density at radius 1 is 1.41 bits per heavy atom. The zero-order valence-electron chi connectivity index (χ0n) is 14.6. The molecular weight excluding hydrogens is 428 g/mol. The number of aromatic nitrogens is 2. The number of hydrogen-bond acceptors (Lipinski definition) is 11. The predicted octanol–water partition coefficient (Wildman–Crippen LogP) is -1.32. The van der Waals surface area contributed by atoms with E-state index in [-0.39, 0.29) is 21.9 Å². The summed E-state index contributed by atoms with van der Waals surface area (Å²) in [5.41, 5.74) is 4.88. The molecule has 1 aromatic rings. The highest BCUT2D eigenvalue weighted by Crippen LogP contribution is 2.40. The molecule has 15 heteroatoms. The summed E-state index contributed by atoms with van der Waals surface area (Å²) >= 11 is 2.08. The van der Waals surface area contributed by atoms with Gasteiger partial charge in [-0.3, -0.25) is 14.5 Å². The molecule has 0 saturated carbocycles. The summed E-state index contributed by atoms with van der Waals surface area (Å²) < 4.78 is 3.83. The molecule has 1 fully saturated rings. The SMILES string of the molecule is CC1C=C(C(=O)O)N2C(=O)C(NC(=O)C(=NOCC(=O)O)c3nsc(N)n3)[C@@H]2S1. The van der Waals surface area contributed by atoms with Crippen molar-refractivity contribution in [2.45, 2.75) is 23.6 Å². The van der Waals surface area contributed by atoms with Gasteiger partial charge in [-0.1, -0.05) is 5.16 Å². The van der Waals surface area contributed by atoms with Crippen molar-refractivity contribution in [3.05, 3.63) is 17.6 Å². The number of amides is 2. The van der Waals surface area contributed by atoms with Gasteiger partial charge in [-0.25, -0.2) is 9.59 Å². The number of carboxylic acids is 2. The van der Waals surface area contributed by atoms with Crippen molar-refractivity contribution in [2.24, 2.45) is 5.16 Å². The molecule has 13 nitrogen and oxygen atoms in total. The van der Waals surface area contributed by atoms with Crippen molar-refractivity contribution in [3.8, 4) is 0 Å². The number of aliphatic carboxylic acids is 2. The molecule has 3 atom stereocenters. The van der Waals surface area contributed by atoms with E-state index in [1.54, 1.807) is 6.92 Å². The third-order valence-corrected chi connectivity index (χ3v) is 5.64. The van der Waals surface area contributed by atoms with Gasteiger partial charge in [-0.15, -0.1) is 11.8 Å². The van der Waals surface area contributed by atoms with Crippen LogP contribution in [0.4, 0.5) is 5.13 Å². The minimum Gasteiger partial charge on any atom is -0.479 e. The number of nitrogens with one attached hydrogen (secondary N) is 1. The minimum absolute atomic E-state index is 0.0394. The Bertz CT molecular complexity index is 945. The number of carbonyl (C=O) groups excluding carboxylic acids is 2. The summed E-state index contributed by atoms with van der Waals surface area (Å²) in [5.74, 6) is -4.26. The van der Waals surface area contributed by atoms with Crippen LogP contribution in [0, 0.1) is 0 Å². The fourth-order valence-electron chi connectivity index (χ4n) is 2.61. The lowest BCUT2D eigenvalue weighted by atomic mass is 10.0. The Hall–Kier alpha value is -3.20. The number of nitrogen functional groups attached to an aromatic ring is 1. The van der Waals surface area contributed by atoms with Gasteiger partial charge in [0.05, 0.1) is 0 Å². The van der Waals surface area contributed by atoms with Gasteiger partial charge in [-0.2, -0.15) is 9.36 Å². The molecule has 3 heterocycles. The number of nitrogens with two attached hydrogens (primary N) is 1. The molecule has 2 aliphatic rings. The van der Waals surface area contributed by atoms with E-state index < -0.39 is 47.5 Å². The lowest BCUT2D eigenvalue weighted by Gasteiger charge is -2.49. The van der Waals surface area contributed by atoms with Crippen LogP contribution >= 0.6 is 23.3 Å². The largest absolute Gasteiger partial charge is 0.479 e. The fourth-order valence-corrected chi connectivity index (χ4v) is 4.37. The van der Waals surface area contributed by atoms with Gasteiger partial charge < -0.3 is 26.1 Å². The van der Waals surface area contributed by atoms with E-state index in [4.69, 9.17) is 10.8 Å². The maximum Gasteiger partial charge on any atom is 0.352 e. The van der Waals surface area contributed by atoms with Crippen molar-refractivity contribution in [1.82, 2.24) is 19.6 Å². The topological polar surface area (TPSA) is 197 Å². The lowest BCUT2D eigenvalue weighted by Crippen LogP contribution is -2.71. The second-order valence-corrected chi connectivity index (χ2v) is 8.09. The van der Waals surface area contributed by atoms with Crippen LogP contribution in [0.2, 0.25) is 0 Å². The number of thioether (sulfide) groups is 1. The molecule has 2 amide bonds. The maximum absolute atomic E-state index is 12.7. The first-order valence-electron chi connectivity index (χ1n) is 7.95. The zero-order chi connectivity index (χ0) is 21.3. The van der Waals surface area contributed by atoms with Crippen LogP contribution in [0.15, 0.2) is 16.9 Å². The molecule has 29 heavy (non-hydrogen) atoms. The first-order valence-corrected chi connectivity index (χ1v) is 9.66. The Morgan fingerprint density at radius 3 is 2.72 bits per heavy atom. The van der Waals surface area contributed by atoms with E-state index in [1.807, 2.05) is 0 Å². The molecule has 2 unspecified atom stereocenters. The van der Waals surface area contributed by atoms with Crippen molar-refractivity contribution >= 4 is 57.9 Å². The fraction of sp³-hybridized carbons (Fsp3) is 0.357. The molecule has 0 aliphatic carbocycles. The number of fused-ring (bicyclic) bond motifs is 1. The molecule has 2 aliphatic heterocycles. The molecule has 0 bridgehead atoms. The average Bonchev–Trinajstić information content (AvgIpc) is 3.07. The normalized spacial score (nSPS) is 23.6. The zero-order valence-corrected chi connectivity index (χ0v) is 16.3. The highest BCUT2D eigenvalue weighted by Gasteiger charge is 2.54. The highest BCUT2D eigenvalue weighted by molar-refractivity contribution is 8.00.